The van der Waals surface area contributed by atoms with Gasteiger partial charge in [0.15, 0.2) is 0 Å². The molecular formula is C7H12N2O2. The zero-order valence-electron chi connectivity index (χ0n) is 6.32. The molecule has 0 aliphatic carbocycles. The highest BCUT2D eigenvalue weighted by Crippen LogP contribution is 2.20. The first kappa shape index (κ1) is 7.06. The second-order valence-corrected chi connectivity index (χ2v) is 3.10. The molecule has 0 radical (unpaired) electrons. The summed E-state index contributed by atoms with van der Waals surface area (Å²) in [5.41, 5.74) is 5.74. The predicted molar refractivity (Wildman–Crippen MR) is 38.9 cm³/mol. The summed E-state index contributed by atoms with van der Waals surface area (Å²) in [6.45, 7) is 2.00. The lowest BCUT2D eigenvalue weighted by atomic mass is 10.1. The van der Waals surface area contributed by atoms with E-state index in [-0.39, 0.29) is 18.0 Å². The first-order chi connectivity index (χ1) is 5.29. The molecule has 2 aliphatic heterocycles. The molecule has 0 bridgehead atoms. The zero-order valence-corrected chi connectivity index (χ0v) is 6.32. The normalized spacial score (nSPS) is 37.5. The van der Waals surface area contributed by atoms with Crippen LogP contribution in [0, 0.1) is 0 Å². The van der Waals surface area contributed by atoms with E-state index in [0.717, 1.165) is 6.54 Å². The number of carbonyl (C=O) groups excluding carboxylic acids is 1. The van der Waals surface area contributed by atoms with Crippen LogP contribution in [0.15, 0.2) is 0 Å². The summed E-state index contributed by atoms with van der Waals surface area (Å²) in [5, 5.41) is 0. The number of carbonyl (C=O) groups is 1. The van der Waals surface area contributed by atoms with Gasteiger partial charge in [-0.25, -0.2) is 0 Å². The second-order valence-electron chi connectivity index (χ2n) is 3.10. The first-order valence-electron chi connectivity index (χ1n) is 3.92. The molecule has 2 rings (SSSR count). The fourth-order valence-electron chi connectivity index (χ4n) is 1.74. The maximum atomic E-state index is 11.2. The number of nitrogens with two attached hydrogens (primary N) is 1. The summed E-state index contributed by atoms with van der Waals surface area (Å²) in [5.74, 6) is 0.186. The van der Waals surface area contributed by atoms with Crippen LogP contribution in [0.1, 0.15) is 6.42 Å². The molecule has 0 aromatic rings. The number of amides is 1. The Hall–Kier alpha value is -0.610. The summed E-state index contributed by atoms with van der Waals surface area (Å²) in [4.78, 5) is 13.1. The van der Waals surface area contributed by atoms with Crippen LogP contribution in [0.5, 0.6) is 0 Å². The van der Waals surface area contributed by atoms with E-state index in [9.17, 15) is 4.79 Å². The third-order valence-corrected chi connectivity index (χ3v) is 2.39. The lowest BCUT2D eigenvalue weighted by Crippen LogP contribution is -2.48. The van der Waals surface area contributed by atoms with E-state index >= 15 is 0 Å². The molecule has 0 aromatic carbocycles. The highest BCUT2D eigenvalue weighted by molar-refractivity contribution is 5.80. The van der Waals surface area contributed by atoms with E-state index in [0.29, 0.717) is 19.6 Å². The van der Waals surface area contributed by atoms with Crippen LogP contribution in [-0.2, 0) is 9.53 Å². The van der Waals surface area contributed by atoms with Crippen molar-refractivity contribution in [2.24, 2.45) is 5.73 Å². The van der Waals surface area contributed by atoms with Gasteiger partial charge in [-0.3, -0.25) is 4.79 Å². The van der Waals surface area contributed by atoms with E-state index in [1.807, 2.05) is 4.90 Å². The quantitative estimate of drug-likeness (QED) is 0.486. The Kier molecular flexibility index (Phi) is 1.58. The number of nitrogens with zero attached hydrogens (tertiary/aromatic N) is 1. The second kappa shape index (κ2) is 2.46. The Balaban J connectivity index is 2.13. The van der Waals surface area contributed by atoms with Gasteiger partial charge in [0.25, 0.3) is 0 Å². The van der Waals surface area contributed by atoms with Crippen LogP contribution < -0.4 is 5.73 Å². The Morgan fingerprint density at radius 3 is 3.18 bits per heavy atom. The average molecular weight is 156 g/mol. The van der Waals surface area contributed by atoms with Gasteiger partial charge < -0.3 is 15.4 Å². The molecule has 0 spiro atoms. The summed E-state index contributed by atoms with van der Waals surface area (Å²) in [6.07, 6.45) is 0.494. The number of fused-ring (bicyclic) bond motifs is 1. The number of rotatable bonds is 0. The third kappa shape index (κ3) is 1.02. The van der Waals surface area contributed by atoms with E-state index in [4.69, 9.17) is 10.5 Å². The van der Waals surface area contributed by atoms with E-state index in [1.165, 1.54) is 0 Å². The molecule has 2 N–H and O–H groups in total. The van der Waals surface area contributed by atoms with Crippen molar-refractivity contribution >= 4 is 5.91 Å². The number of hydrogen-bond donors (Lipinski definition) is 1. The largest absolute Gasteiger partial charge is 0.377 e. The lowest BCUT2D eigenvalue weighted by molar-refractivity contribution is -0.133. The van der Waals surface area contributed by atoms with Crippen molar-refractivity contribution in [3.8, 4) is 0 Å². The first-order valence-corrected chi connectivity index (χ1v) is 3.92. The van der Waals surface area contributed by atoms with Crippen molar-refractivity contribution in [1.82, 2.24) is 4.90 Å². The zero-order chi connectivity index (χ0) is 7.84. The van der Waals surface area contributed by atoms with Gasteiger partial charge in [-0.15, -0.1) is 0 Å². The highest BCUT2D eigenvalue weighted by atomic mass is 16.5. The summed E-state index contributed by atoms with van der Waals surface area (Å²) >= 11 is 0. The molecule has 2 heterocycles. The molecule has 0 saturated carbocycles. The van der Waals surface area contributed by atoms with Crippen molar-refractivity contribution < 1.29 is 9.53 Å². The molecule has 0 aromatic heterocycles. The van der Waals surface area contributed by atoms with Crippen molar-refractivity contribution in [3.63, 3.8) is 0 Å². The van der Waals surface area contributed by atoms with Crippen LogP contribution >= 0.6 is 0 Å². The third-order valence-electron chi connectivity index (χ3n) is 2.39. The fraction of sp³-hybridized carbons (Fsp3) is 0.857. The van der Waals surface area contributed by atoms with Crippen molar-refractivity contribution in [2.45, 2.75) is 18.5 Å². The van der Waals surface area contributed by atoms with Crippen LogP contribution in [0.25, 0.3) is 0 Å². The Bertz CT molecular complexity index is 183. The molecule has 2 fully saturated rings. The van der Waals surface area contributed by atoms with E-state index in [2.05, 4.69) is 0 Å². The molecule has 2 aliphatic rings. The van der Waals surface area contributed by atoms with Gasteiger partial charge in [-0.2, -0.15) is 0 Å². The summed E-state index contributed by atoms with van der Waals surface area (Å²) in [6, 6.07) is 0.138. The van der Waals surface area contributed by atoms with E-state index < -0.39 is 0 Å². The molecule has 4 nitrogen and oxygen atoms in total. The molecular weight excluding hydrogens is 144 g/mol. The standard InChI is InChI=1S/C7H12N2O2/c8-5-3-7(10)9-1-2-11-4-6(5)9/h5-6H,1-4,8H2. The van der Waals surface area contributed by atoms with Gasteiger partial charge in [0.05, 0.1) is 19.3 Å². The lowest BCUT2D eigenvalue weighted by Gasteiger charge is -2.31. The van der Waals surface area contributed by atoms with Crippen LogP contribution in [0.4, 0.5) is 0 Å². The minimum atomic E-state index is -0.0113. The van der Waals surface area contributed by atoms with Crippen LogP contribution in [0.2, 0.25) is 0 Å². The Morgan fingerprint density at radius 2 is 2.45 bits per heavy atom. The van der Waals surface area contributed by atoms with Gasteiger partial charge in [-0.1, -0.05) is 0 Å². The predicted octanol–water partition coefficient (Wildman–Crippen LogP) is -1.06. The van der Waals surface area contributed by atoms with Crippen molar-refractivity contribution in [3.05, 3.63) is 0 Å². The van der Waals surface area contributed by atoms with E-state index in [1.54, 1.807) is 0 Å². The van der Waals surface area contributed by atoms with Crippen LogP contribution in [-0.4, -0.2) is 42.6 Å². The van der Waals surface area contributed by atoms with Gasteiger partial charge in [0, 0.05) is 19.0 Å². The van der Waals surface area contributed by atoms with Gasteiger partial charge in [0.1, 0.15) is 0 Å². The topological polar surface area (TPSA) is 55.6 Å². The SMILES string of the molecule is NC1CC(=O)N2CCOCC12. The maximum absolute atomic E-state index is 11.2. The molecule has 2 saturated heterocycles. The molecule has 2 atom stereocenters. The molecule has 62 valence electrons. The monoisotopic (exact) mass is 156 g/mol. The minimum Gasteiger partial charge on any atom is -0.377 e. The van der Waals surface area contributed by atoms with Crippen molar-refractivity contribution in [1.29, 1.82) is 0 Å². The number of ether oxygens (including phenoxy) is 1. The maximum Gasteiger partial charge on any atom is 0.224 e. The van der Waals surface area contributed by atoms with Gasteiger partial charge in [-0.05, 0) is 0 Å². The summed E-state index contributed by atoms with van der Waals surface area (Å²) in [7, 11) is 0. The van der Waals surface area contributed by atoms with Gasteiger partial charge >= 0.3 is 0 Å². The molecule has 4 heteroatoms. The number of morpholine rings is 1. The molecule has 2 unspecified atom stereocenters. The Labute approximate surface area is 65.3 Å². The fourth-order valence-corrected chi connectivity index (χ4v) is 1.74. The van der Waals surface area contributed by atoms with Gasteiger partial charge in [0.2, 0.25) is 5.91 Å². The summed E-state index contributed by atoms with van der Waals surface area (Å²) < 4.78 is 5.23. The molecule has 11 heavy (non-hydrogen) atoms. The number of hydrogen-bond acceptors (Lipinski definition) is 3. The average Bonchev–Trinajstić information content (AvgIpc) is 2.30. The molecule has 1 amide bonds. The minimum absolute atomic E-state index is 0.0113. The van der Waals surface area contributed by atoms with Crippen molar-refractivity contribution in [2.75, 3.05) is 19.8 Å². The smallest absolute Gasteiger partial charge is 0.224 e. The van der Waals surface area contributed by atoms with Crippen LogP contribution in [0.3, 0.4) is 0 Å². The Morgan fingerprint density at radius 1 is 1.64 bits per heavy atom. The highest BCUT2D eigenvalue weighted by Gasteiger charge is 2.39.